The standard InChI is InChI=1S/C12H19ClN2/c1-9(2)4-3-7-15-12-6-5-10(14)8-11(12)13/h5-6,8-9,15H,3-4,7,14H2,1-2H3. The highest BCUT2D eigenvalue weighted by molar-refractivity contribution is 6.33. The van der Waals surface area contributed by atoms with Gasteiger partial charge in [-0.1, -0.05) is 25.4 Å². The van der Waals surface area contributed by atoms with E-state index in [0.717, 1.165) is 18.2 Å². The Kier molecular flexibility index (Phi) is 4.76. The van der Waals surface area contributed by atoms with E-state index in [9.17, 15) is 0 Å². The fourth-order valence-corrected chi connectivity index (χ4v) is 1.66. The lowest BCUT2D eigenvalue weighted by Crippen LogP contribution is -2.03. The first kappa shape index (κ1) is 12.2. The van der Waals surface area contributed by atoms with Gasteiger partial charge in [-0.2, -0.15) is 0 Å². The van der Waals surface area contributed by atoms with Gasteiger partial charge in [0.1, 0.15) is 0 Å². The Morgan fingerprint density at radius 1 is 1.40 bits per heavy atom. The number of anilines is 2. The minimum absolute atomic E-state index is 0.694. The van der Waals surface area contributed by atoms with Crippen LogP contribution in [0, 0.1) is 5.92 Å². The maximum absolute atomic E-state index is 6.03. The summed E-state index contributed by atoms with van der Waals surface area (Å²) in [6, 6.07) is 5.55. The molecule has 0 atom stereocenters. The third kappa shape index (κ3) is 4.43. The molecule has 3 heteroatoms. The van der Waals surface area contributed by atoms with Gasteiger partial charge in [0.25, 0.3) is 0 Å². The number of nitrogens with two attached hydrogens (primary N) is 1. The molecule has 0 radical (unpaired) electrons. The highest BCUT2D eigenvalue weighted by Crippen LogP contribution is 2.23. The van der Waals surface area contributed by atoms with E-state index >= 15 is 0 Å². The molecule has 0 bridgehead atoms. The molecule has 15 heavy (non-hydrogen) atoms. The van der Waals surface area contributed by atoms with Crippen molar-refractivity contribution in [3.63, 3.8) is 0 Å². The molecule has 1 rings (SSSR count). The van der Waals surface area contributed by atoms with Crippen molar-refractivity contribution >= 4 is 23.0 Å². The molecule has 0 saturated heterocycles. The number of hydrogen-bond donors (Lipinski definition) is 2. The van der Waals surface area contributed by atoms with Gasteiger partial charge >= 0.3 is 0 Å². The molecule has 0 aliphatic carbocycles. The molecule has 0 aliphatic rings. The van der Waals surface area contributed by atoms with Crippen LogP contribution in [0.2, 0.25) is 5.02 Å². The molecule has 0 heterocycles. The molecule has 2 nitrogen and oxygen atoms in total. The van der Waals surface area contributed by atoms with E-state index in [1.165, 1.54) is 12.8 Å². The summed E-state index contributed by atoms with van der Waals surface area (Å²) >= 11 is 6.03. The number of hydrogen-bond acceptors (Lipinski definition) is 2. The summed E-state index contributed by atoms with van der Waals surface area (Å²) in [6.45, 7) is 5.42. The highest BCUT2D eigenvalue weighted by Gasteiger charge is 2.00. The Balaban J connectivity index is 2.37. The van der Waals surface area contributed by atoms with Gasteiger partial charge in [-0.15, -0.1) is 0 Å². The SMILES string of the molecule is CC(C)CCCNc1ccc(N)cc1Cl. The van der Waals surface area contributed by atoms with Gasteiger partial charge < -0.3 is 11.1 Å². The second-order valence-electron chi connectivity index (χ2n) is 4.20. The van der Waals surface area contributed by atoms with Crippen molar-refractivity contribution in [3.05, 3.63) is 23.2 Å². The largest absolute Gasteiger partial charge is 0.399 e. The van der Waals surface area contributed by atoms with E-state index in [1.54, 1.807) is 6.07 Å². The van der Waals surface area contributed by atoms with Crippen LogP contribution in [0.5, 0.6) is 0 Å². The Morgan fingerprint density at radius 3 is 2.73 bits per heavy atom. The van der Waals surface area contributed by atoms with Gasteiger partial charge in [0, 0.05) is 12.2 Å². The average molecular weight is 227 g/mol. The van der Waals surface area contributed by atoms with Crippen LogP contribution in [0.25, 0.3) is 0 Å². The molecule has 0 spiro atoms. The molecule has 0 aliphatic heterocycles. The summed E-state index contributed by atoms with van der Waals surface area (Å²) in [4.78, 5) is 0. The first-order valence-electron chi connectivity index (χ1n) is 5.38. The van der Waals surface area contributed by atoms with Crippen molar-refractivity contribution in [2.75, 3.05) is 17.6 Å². The van der Waals surface area contributed by atoms with Gasteiger partial charge in [-0.3, -0.25) is 0 Å². The van der Waals surface area contributed by atoms with Gasteiger partial charge in [-0.05, 0) is 37.0 Å². The summed E-state index contributed by atoms with van der Waals surface area (Å²) in [5.74, 6) is 0.758. The monoisotopic (exact) mass is 226 g/mol. The maximum atomic E-state index is 6.03. The lowest BCUT2D eigenvalue weighted by atomic mass is 10.1. The number of nitrogen functional groups attached to an aromatic ring is 1. The van der Waals surface area contributed by atoms with Crippen LogP contribution in [0.4, 0.5) is 11.4 Å². The van der Waals surface area contributed by atoms with Gasteiger partial charge in [-0.25, -0.2) is 0 Å². The molecule has 0 amide bonds. The minimum atomic E-state index is 0.694. The van der Waals surface area contributed by atoms with E-state index in [2.05, 4.69) is 19.2 Å². The molecule has 0 fully saturated rings. The molecule has 1 aromatic carbocycles. The van der Waals surface area contributed by atoms with Crippen LogP contribution in [0.15, 0.2) is 18.2 Å². The third-order valence-corrected chi connectivity index (χ3v) is 2.58. The van der Waals surface area contributed by atoms with Gasteiger partial charge in [0.15, 0.2) is 0 Å². The summed E-state index contributed by atoms with van der Waals surface area (Å²) in [5, 5.41) is 4.00. The number of halogens is 1. The fraction of sp³-hybridized carbons (Fsp3) is 0.500. The van der Waals surface area contributed by atoms with Crippen molar-refractivity contribution in [3.8, 4) is 0 Å². The normalized spacial score (nSPS) is 10.7. The van der Waals surface area contributed by atoms with Crippen LogP contribution in [-0.2, 0) is 0 Å². The van der Waals surface area contributed by atoms with Gasteiger partial charge in [0.05, 0.1) is 10.7 Å². The Morgan fingerprint density at radius 2 is 2.13 bits per heavy atom. The quantitative estimate of drug-likeness (QED) is 0.593. The number of rotatable bonds is 5. The van der Waals surface area contributed by atoms with Crippen molar-refractivity contribution < 1.29 is 0 Å². The molecular formula is C12H19ClN2. The molecule has 1 aromatic rings. The van der Waals surface area contributed by atoms with Crippen molar-refractivity contribution in [2.45, 2.75) is 26.7 Å². The summed E-state index contributed by atoms with van der Waals surface area (Å²) in [5.41, 5.74) is 7.28. The predicted molar refractivity (Wildman–Crippen MR) is 68.4 cm³/mol. The summed E-state index contributed by atoms with van der Waals surface area (Å²) in [7, 11) is 0. The van der Waals surface area contributed by atoms with Crippen molar-refractivity contribution in [1.82, 2.24) is 0 Å². The highest BCUT2D eigenvalue weighted by atomic mass is 35.5. The summed E-state index contributed by atoms with van der Waals surface area (Å²) in [6.07, 6.45) is 2.40. The fourth-order valence-electron chi connectivity index (χ4n) is 1.41. The first-order chi connectivity index (χ1) is 7.09. The van der Waals surface area contributed by atoms with Crippen LogP contribution >= 0.6 is 11.6 Å². The molecule has 0 saturated carbocycles. The topological polar surface area (TPSA) is 38.0 Å². The molecule has 0 aromatic heterocycles. The Bertz CT molecular complexity index is 310. The smallest absolute Gasteiger partial charge is 0.0657 e. The second kappa shape index (κ2) is 5.86. The van der Waals surface area contributed by atoms with Crippen LogP contribution < -0.4 is 11.1 Å². The average Bonchev–Trinajstić information content (AvgIpc) is 2.14. The van der Waals surface area contributed by atoms with E-state index in [-0.39, 0.29) is 0 Å². The molecule has 84 valence electrons. The predicted octanol–water partition coefficient (Wildman–Crippen LogP) is 3.77. The van der Waals surface area contributed by atoms with Crippen molar-refractivity contribution in [1.29, 1.82) is 0 Å². The van der Waals surface area contributed by atoms with Gasteiger partial charge in [0.2, 0.25) is 0 Å². The molecule has 0 unspecified atom stereocenters. The maximum Gasteiger partial charge on any atom is 0.0657 e. The van der Waals surface area contributed by atoms with Crippen LogP contribution in [-0.4, -0.2) is 6.54 Å². The zero-order valence-electron chi connectivity index (χ0n) is 9.39. The zero-order chi connectivity index (χ0) is 11.3. The minimum Gasteiger partial charge on any atom is -0.399 e. The van der Waals surface area contributed by atoms with E-state index in [4.69, 9.17) is 17.3 Å². The second-order valence-corrected chi connectivity index (χ2v) is 4.61. The first-order valence-corrected chi connectivity index (χ1v) is 5.76. The van der Waals surface area contributed by atoms with Crippen LogP contribution in [0.3, 0.4) is 0 Å². The molecular weight excluding hydrogens is 208 g/mol. The number of benzene rings is 1. The lowest BCUT2D eigenvalue weighted by Gasteiger charge is -2.09. The Labute approximate surface area is 96.8 Å². The molecule has 3 N–H and O–H groups in total. The van der Waals surface area contributed by atoms with Crippen molar-refractivity contribution in [2.24, 2.45) is 5.92 Å². The third-order valence-electron chi connectivity index (χ3n) is 2.27. The zero-order valence-corrected chi connectivity index (χ0v) is 10.1. The van der Waals surface area contributed by atoms with E-state index < -0.39 is 0 Å². The number of nitrogens with one attached hydrogen (secondary N) is 1. The lowest BCUT2D eigenvalue weighted by molar-refractivity contribution is 0.567. The summed E-state index contributed by atoms with van der Waals surface area (Å²) < 4.78 is 0. The van der Waals surface area contributed by atoms with Crippen LogP contribution in [0.1, 0.15) is 26.7 Å². The van der Waals surface area contributed by atoms with E-state index in [0.29, 0.717) is 10.7 Å². The van der Waals surface area contributed by atoms with E-state index in [1.807, 2.05) is 12.1 Å². The Hall–Kier alpha value is -0.890.